The number of amides is 1. The number of rotatable bonds is 4. The standard InChI is InChI=1S/C27H34N4O2/c32-25(12-5-11-24-28-22-9-2-1-8-21(22)27(33)29-24)31-14-6-7-18-15-19-16-20(26(18)31)17-30-13-4-3-10-23(19)30/h1-2,8-9,15,19-20,23,26H,3-7,10-14,16-17H2,(H,28,29,33)/t19-,20-,23+,26+/m0/s1. The molecule has 174 valence electrons. The fourth-order valence-electron chi connectivity index (χ4n) is 7.06. The van der Waals surface area contributed by atoms with Crippen molar-refractivity contribution < 1.29 is 4.79 Å². The van der Waals surface area contributed by atoms with Crippen molar-refractivity contribution in [2.24, 2.45) is 11.8 Å². The number of hydrogen-bond acceptors (Lipinski definition) is 4. The molecule has 2 bridgehead atoms. The van der Waals surface area contributed by atoms with E-state index >= 15 is 0 Å². The van der Waals surface area contributed by atoms with Gasteiger partial charge in [0.05, 0.1) is 16.9 Å². The van der Waals surface area contributed by atoms with Gasteiger partial charge in [-0.2, -0.15) is 0 Å². The van der Waals surface area contributed by atoms with Gasteiger partial charge >= 0.3 is 0 Å². The van der Waals surface area contributed by atoms with Gasteiger partial charge in [-0.25, -0.2) is 4.98 Å². The Morgan fingerprint density at radius 1 is 1.15 bits per heavy atom. The Morgan fingerprint density at radius 3 is 3.00 bits per heavy atom. The van der Waals surface area contributed by atoms with E-state index in [1.54, 1.807) is 11.6 Å². The van der Waals surface area contributed by atoms with Gasteiger partial charge in [-0.05, 0) is 69.0 Å². The maximum atomic E-state index is 13.4. The number of aromatic nitrogens is 2. The first-order valence-electron chi connectivity index (χ1n) is 12.9. The molecule has 0 spiro atoms. The molecule has 3 aliphatic heterocycles. The van der Waals surface area contributed by atoms with Crippen molar-refractivity contribution in [2.45, 2.75) is 69.9 Å². The van der Waals surface area contributed by atoms with Crippen molar-refractivity contribution >= 4 is 16.8 Å². The van der Waals surface area contributed by atoms with Gasteiger partial charge in [0.15, 0.2) is 0 Å². The second-order valence-electron chi connectivity index (χ2n) is 10.5. The Kier molecular flexibility index (Phi) is 5.57. The number of aryl methyl sites for hydroxylation is 1. The topological polar surface area (TPSA) is 69.3 Å². The van der Waals surface area contributed by atoms with E-state index in [0.29, 0.717) is 48.4 Å². The molecule has 3 saturated heterocycles. The van der Waals surface area contributed by atoms with Crippen LogP contribution < -0.4 is 5.56 Å². The normalized spacial score (nSPS) is 29.3. The highest BCUT2D eigenvalue weighted by molar-refractivity contribution is 5.78. The molecule has 2 aromatic rings. The highest BCUT2D eigenvalue weighted by Crippen LogP contribution is 2.45. The fraction of sp³-hybridized carbons (Fsp3) is 0.593. The fourth-order valence-corrected chi connectivity index (χ4v) is 7.06. The number of para-hydroxylation sites is 1. The number of carbonyl (C=O) groups is 1. The van der Waals surface area contributed by atoms with Gasteiger partial charge in [-0.15, -0.1) is 0 Å². The van der Waals surface area contributed by atoms with Crippen LogP contribution in [0.3, 0.4) is 0 Å². The molecule has 3 fully saturated rings. The van der Waals surface area contributed by atoms with Gasteiger partial charge in [0.1, 0.15) is 5.82 Å². The minimum Gasteiger partial charge on any atom is -0.336 e. The third-order valence-corrected chi connectivity index (χ3v) is 8.44. The number of fused-ring (bicyclic) bond motifs is 7. The van der Waals surface area contributed by atoms with Crippen molar-refractivity contribution in [3.63, 3.8) is 0 Å². The minimum atomic E-state index is -0.0992. The van der Waals surface area contributed by atoms with E-state index in [4.69, 9.17) is 0 Å². The summed E-state index contributed by atoms with van der Waals surface area (Å²) in [6, 6.07) is 8.46. The number of piperidine rings is 3. The molecule has 0 saturated carbocycles. The number of likely N-dealkylation sites (tertiary alicyclic amines) is 1. The summed E-state index contributed by atoms with van der Waals surface area (Å²) < 4.78 is 0. The lowest BCUT2D eigenvalue weighted by Crippen LogP contribution is -2.60. The summed E-state index contributed by atoms with van der Waals surface area (Å²) in [7, 11) is 0. The average Bonchev–Trinajstić information content (AvgIpc) is 2.84. The van der Waals surface area contributed by atoms with Crippen molar-refractivity contribution in [1.82, 2.24) is 19.8 Å². The van der Waals surface area contributed by atoms with E-state index in [0.717, 1.165) is 37.5 Å². The van der Waals surface area contributed by atoms with Gasteiger partial charge in [0, 0.05) is 32.0 Å². The van der Waals surface area contributed by atoms with Crippen LogP contribution in [0.25, 0.3) is 10.9 Å². The van der Waals surface area contributed by atoms with Crippen molar-refractivity contribution in [3.05, 3.63) is 52.1 Å². The second-order valence-corrected chi connectivity index (χ2v) is 10.5. The zero-order valence-corrected chi connectivity index (χ0v) is 19.3. The molecule has 0 unspecified atom stereocenters. The highest BCUT2D eigenvalue weighted by atomic mass is 16.2. The Morgan fingerprint density at radius 2 is 2.06 bits per heavy atom. The van der Waals surface area contributed by atoms with Crippen LogP contribution in [-0.4, -0.2) is 57.4 Å². The molecule has 1 N–H and O–H groups in total. The molecule has 4 aliphatic rings. The Balaban J connectivity index is 1.14. The van der Waals surface area contributed by atoms with Gasteiger partial charge in [-0.3, -0.25) is 14.5 Å². The third-order valence-electron chi connectivity index (χ3n) is 8.44. The van der Waals surface area contributed by atoms with Crippen LogP contribution in [0.5, 0.6) is 0 Å². The van der Waals surface area contributed by atoms with E-state index in [1.165, 1.54) is 32.2 Å². The van der Waals surface area contributed by atoms with E-state index in [2.05, 4.69) is 25.8 Å². The average molecular weight is 447 g/mol. The Hall–Kier alpha value is -2.47. The van der Waals surface area contributed by atoms with E-state index < -0.39 is 0 Å². The SMILES string of the molecule is O=C(CCCc1nc2ccccc2c(=O)[nH]1)N1CCCC2=C[C@H]3C[C@@H](CN4CCCC[C@H]34)[C@@H]21. The van der Waals surface area contributed by atoms with Crippen LogP contribution in [0.1, 0.15) is 57.2 Å². The van der Waals surface area contributed by atoms with Gasteiger partial charge < -0.3 is 9.88 Å². The summed E-state index contributed by atoms with van der Waals surface area (Å²) in [5.41, 5.74) is 2.16. The molecule has 1 aromatic carbocycles. The lowest BCUT2D eigenvalue weighted by molar-refractivity contribution is -0.136. The molecule has 0 radical (unpaired) electrons. The summed E-state index contributed by atoms with van der Waals surface area (Å²) in [5, 5.41) is 0.615. The van der Waals surface area contributed by atoms with Crippen molar-refractivity contribution in [2.75, 3.05) is 19.6 Å². The lowest BCUT2D eigenvalue weighted by Gasteiger charge is -2.54. The first-order valence-corrected chi connectivity index (χ1v) is 12.9. The summed E-state index contributed by atoms with van der Waals surface area (Å²) in [6.45, 7) is 3.28. The predicted molar refractivity (Wildman–Crippen MR) is 129 cm³/mol. The molecule has 6 rings (SSSR count). The summed E-state index contributed by atoms with van der Waals surface area (Å²) in [5.74, 6) is 2.23. The monoisotopic (exact) mass is 446 g/mol. The van der Waals surface area contributed by atoms with Gasteiger partial charge in [0.2, 0.25) is 5.91 Å². The van der Waals surface area contributed by atoms with Gasteiger partial charge in [0.25, 0.3) is 5.56 Å². The Labute approximate surface area is 195 Å². The maximum Gasteiger partial charge on any atom is 0.258 e. The molecule has 4 heterocycles. The maximum absolute atomic E-state index is 13.4. The summed E-state index contributed by atoms with van der Waals surface area (Å²) in [6.07, 6.45) is 12.0. The first kappa shape index (κ1) is 21.1. The minimum absolute atomic E-state index is 0.0992. The summed E-state index contributed by atoms with van der Waals surface area (Å²) >= 11 is 0. The number of benzene rings is 1. The van der Waals surface area contributed by atoms with Crippen LogP contribution in [0, 0.1) is 11.8 Å². The predicted octanol–water partition coefficient (Wildman–Crippen LogP) is 3.67. The molecular formula is C27H34N4O2. The molecule has 6 heteroatoms. The van der Waals surface area contributed by atoms with E-state index in [9.17, 15) is 9.59 Å². The van der Waals surface area contributed by atoms with Crippen LogP contribution in [0.2, 0.25) is 0 Å². The van der Waals surface area contributed by atoms with Gasteiger partial charge in [-0.1, -0.05) is 30.2 Å². The second kappa shape index (κ2) is 8.71. The van der Waals surface area contributed by atoms with E-state index in [-0.39, 0.29) is 11.5 Å². The molecule has 4 atom stereocenters. The van der Waals surface area contributed by atoms with Crippen molar-refractivity contribution in [3.8, 4) is 0 Å². The zero-order valence-electron chi connectivity index (χ0n) is 19.3. The first-order chi connectivity index (χ1) is 16.2. The van der Waals surface area contributed by atoms with Crippen LogP contribution in [0.4, 0.5) is 0 Å². The molecule has 33 heavy (non-hydrogen) atoms. The lowest BCUT2D eigenvalue weighted by atomic mass is 9.68. The smallest absolute Gasteiger partial charge is 0.258 e. The summed E-state index contributed by atoms with van der Waals surface area (Å²) in [4.78, 5) is 38.1. The van der Waals surface area contributed by atoms with Crippen molar-refractivity contribution in [1.29, 1.82) is 0 Å². The molecule has 1 aromatic heterocycles. The molecule has 1 amide bonds. The quantitative estimate of drug-likeness (QED) is 0.728. The molecule has 6 nitrogen and oxygen atoms in total. The number of nitrogens with zero attached hydrogens (tertiary/aromatic N) is 3. The zero-order chi connectivity index (χ0) is 22.4. The highest BCUT2D eigenvalue weighted by Gasteiger charge is 2.46. The number of nitrogens with one attached hydrogen (secondary N) is 1. The number of hydrogen-bond donors (Lipinski definition) is 1. The third kappa shape index (κ3) is 3.92. The number of H-pyrrole nitrogens is 1. The number of carbonyl (C=O) groups excluding carboxylic acids is 1. The molecule has 1 aliphatic carbocycles. The van der Waals surface area contributed by atoms with Crippen LogP contribution >= 0.6 is 0 Å². The number of aromatic amines is 1. The van der Waals surface area contributed by atoms with Crippen LogP contribution in [-0.2, 0) is 11.2 Å². The van der Waals surface area contributed by atoms with E-state index in [1.807, 2.05) is 18.2 Å². The van der Waals surface area contributed by atoms with Crippen LogP contribution in [0.15, 0.2) is 40.7 Å². The molecular weight excluding hydrogens is 412 g/mol. The Bertz CT molecular complexity index is 1140. The largest absolute Gasteiger partial charge is 0.336 e.